The number of esters is 1. The van der Waals surface area contributed by atoms with Crippen molar-refractivity contribution >= 4 is 33.3 Å². The van der Waals surface area contributed by atoms with E-state index in [1.165, 1.54) is 16.9 Å². The summed E-state index contributed by atoms with van der Waals surface area (Å²) in [6.45, 7) is 8.94. The topological polar surface area (TPSA) is 67.8 Å². The SMILES string of the molecule is CCOC(=O)c1sc2ncnc(N3CCN(CCc4ccc(OC)cc4)CC3)c2c1C. The van der Waals surface area contributed by atoms with Gasteiger partial charge in [-0.1, -0.05) is 12.1 Å². The highest BCUT2D eigenvalue weighted by Gasteiger charge is 2.24. The minimum Gasteiger partial charge on any atom is -0.497 e. The monoisotopic (exact) mass is 440 g/mol. The Hall–Kier alpha value is -2.71. The number of hydrogen-bond acceptors (Lipinski definition) is 8. The minimum atomic E-state index is -0.280. The summed E-state index contributed by atoms with van der Waals surface area (Å²) in [7, 11) is 1.69. The molecule has 0 N–H and O–H groups in total. The van der Waals surface area contributed by atoms with Gasteiger partial charge >= 0.3 is 5.97 Å². The number of rotatable bonds is 7. The number of thiophene rings is 1. The Morgan fingerprint density at radius 3 is 2.55 bits per heavy atom. The van der Waals surface area contributed by atoms with Crippen molar-refractivity contribution in [3.63, 3.8) is 0 Å². The van der Waals surface area contributed by atoms with Crippen LogP contribution < -0.4 is 9.64 Å². The third kappa shape index (κ3) is 4.65. The number of carbonyl (C=O) groups excluding carboxylic acids is 1. The molecule has 3 aromatic rings. The summed E-state index contributed by atoms with van der Waals surface area (Å²) >= 11 is 1.39. The first kappa shape index (κ1) is 21.5. The molecule has 7 nitrogen and oxygen atoms in total. The summed E-state index contributed by atoms with van der Waals surface area (Å²) in [6, 6.07) is 8.29. The maximum atomic E-state index is 12.3. The molecule has 0 amide bonds. The molecule has 0 spiro atoms. The Labute approximate surface area is 186 Å². The van der Waals surface area contributed by atoms with Gasteiger partial charge in [0.1, 0.15) is 27.6 Å². The van der Waals surface area contributed by atoms with Gasteiger partial charge in [0, 0.05) is 32.7 Å². The Bertz CT molecular complexity index is 1040. The molecule has 164 valence electrons. The van der Waals surface area contributed by atoms with E-state index >= 15 is 0 Å². The number of ether oxygens (including phenoxy) is 2. The van der Waals surface area contributed by atoms with Crippen LogP contribution in [0.5, 0.6) is 5.75 Å². The van der Waals surface area contributed by atoms with Crippen LogP contribution in [-0.2, 0) is 11.2 Å². The van der Waals surface area contributed by atoms with Gasteiger partial charge in [-0.3, -0.25) is 4.90 Å². The lowest BCUT2D eigenvalue weighted by atomic mass is 10.1. The first-order chi connectivity index (χ1) is 15.1. The van der Waals surface area contributed by atoms with E-state index in [4.69, 9.17) is 9.47 Å². The molecule has 0 bridgehead atoms. The van der Waals surface area contributed by atoms with E-state index in [1.807, 2.05) is 26.0 Å². The van der Waals surface area contributed by atoms with Gasteiger partial charge in [0.25, 0.3) is 0 Å². The second-order valence-corrected chi connectivity index (χ2v) is 8.58. The second-order valence-electron chi connectivity index (χ2n) is 7.58. The van der Waals surface area contributed by atoms with Crippen molar-refractivity contribution in [2.24, 2.45) is 0 Å². The third-order valence-corrected chi connectivity index (χ3v) is 6.90. The first-order valence-electron chi connectivity index (χ1n) is 10.6. The van der Waals surface area contributed by atoms with Gasteiger partial charge in [-0.25, -0.2) is 14.8 Å². The molecular formula is C23H28N4O3S. The molecule has 1 fully saturated rings. The summed E-state index contributed by atoms with van der Waals surface area (Å²) in [6.07, 6.45) is 2.62. The number of fused-ring (bicyclic) bond motifs is 1. The Balaban J connectivity index is 1.41. The Kier molecular flexibility index (Phi) is 6.67. The largest absolute Gasteiger partial charge is 0.497 e. The summed E-state index contributed by atoms with van der Waals surface area (Å²) in [4.78, 5) is 27.6. The molecule has 0 unspecified atom stereocenters. The van der Waals surface area contributed by atoms with Crippen molar-refractivity contribution in [2.75, 3.05) is 51.3 Å². The highest BCUT2D eigenvalue weighted by Crippen LogP contribution is 2.35. The van der Waals surface area contributed by atoms with Gasteiger partial charge in [0.15, 0.2) is 0 Å². The molecule has 8 heteroatoms. The molecule has 1 aromatic carbocycles. The number of carbonyl (C=O) groups is 1. The van der Waals surface area contributed by atoms with Crippen LogP contribution in [0.15, 0.2) is 30.6 Å². The van der Waals surface area contributed by atoms with Crippen LogP contribution in [0, 0.1) is 6.92 Å². The number of benzene rings is 1. The zero-order valence-electron chi connectivity index (χ0n) is 18.3. The molecule has 1 aliphatic rings. The predicted molar refractivity (Wildman–Crippen MR) is 123 cm³/mol. The van der Waals surface area contributed by atoms with Gasteiger partial charge in [0.2, 0.25) is 0 Å². The zero-order chi connectivity index (χ0) is 21.8. The van der Waals surface area contributed by atoms with Gasteiger partial charge in [-0.05, 0) is 43.5 Å². The van der Waals surface area contributed by atoms with Crippen LogP contribution >= 0.6 is 11.3 Å². The van der Waals surface area contributed by atoms with E-state index in [-0.39, 0.29) is 5.97 Å². The molecule has 1 saturated heterocycles. The van der Waals surface area contributed by atoms with Crippen LogP contribution in [-0.4, -0.2) is 67.3 Å². The highest BCUT2D eigenvalue weighted by atomic mass is 32.1. The normalized spacial score (nSPS) is 14.7. The molecule has 0 saturated carbocycles. The average Bonchev–Trinajstić information content (AvgIpc) is 3.15. The van der Waals surface area contributed by atoms with Gasteiger partial charge < -0.3 is 14.4 Å². The van der Waals surface area contributed by atoms with Crippen molar-refractivity contribution in [3.8, 4) is 5.75 Å². The van der Waals surface area contributed by atoms with E-state index in [0.717, 1.165) is 66.5 Å². The minimum absolute atomic E-state index is 0.280. The van der Waals surface area contributed by atoms with Gasteiger partial charge in [-0.2, -0.15) is 0 Å². The number of anilines is 1. The van der Waals surface area contributed by atoms with Crippen LogP contribution in [0.25, 0.3) is 10.2 Å². The molecule has 0 radical (unpaired) electrons. The fraction of sp³-hybridized carbons (Fsp3) is 0.435. The summed E-state index contributed by atoms with van der Waals surface area (Å²) in [5.41, 5.74) is 2.23. The zero-order valence-corrected chi connectivity index (χ0v) is 19.1. The summed E-state index contributed by atoms with van der Waals surface area (Å²) < 4.78 is 10.4. The first-order valence-corrected chi connectivity index (χ1v) is 11.4. The standard InChI is InChI=1S/C23H28N4O3S/c1-4-30-23(28)20-16(2)19-21(24-15-25-22(19)31-20)27-13-11-26(12-14-27)10-9-17-5-7-18(29-3)8-6-17/h5-8,15H,4,9-14H2,1-3H3. The Morgan fingerprint density at radius 2 is 1.87 bits per heavy atom. The maximum Gasteiger partial charge on any atom is 0.348 e. The Morgan fingerprint density at radius 1 is 1.13 bits per heavy atom. The van der Waals surface area contributed by atoms with Crippen molar-refractivity contribution < 1.29 is 14.3 Å². The van der Waals surface area contributed by atoms with E-state index in [9.17, 15) is 4.79 Å². The van der Waals surface area contributed by atoms with E-state index < -0.39 is 0 Å². The second kappa shape index (κ2) is 9.62. The lowest BCUT2D eigenvalue weighted by Crippen LogP contribution is -2.47. The summed E-state index contributed by atoms with van der Waals surface area (Å²) in [5.74, 6) is 1.53. The lowest BCUT2D eigenvalue weighted by Gasteiger charge is -2.35. The molecule has 1 aliphatic heterocycles. The molecule has 0 atom stereocenters. The van der Waals surface area contributed by atoms with Gasteiger partial charge in [0.05, 0.1) is 19.1 Å². The predicted octanol–water partition coefficient (Wildman–Crippen LogP) is 3.55. The van der Waals surface area contributed by atoms with Crippen LogP contribution in [0.2, 0.25) is 0 Å². The van der Waals surface area contributed by atoms with E-state index in [0.29, 0.717) is 11.5 Å². The average molecular weight is 441 g/mol. The number of hydrogen-bond donors (Lipinski definition) is 0. The molecule has 0 aliphatic carbocycles. The molecular weight excluding hydrogens is 412 g/mol. The molecule has 2 aromatic heterocycles. The fourth-order valence-electron chi connectivity index (χ4n) is 3.95. The number of methoxy groups -OCH3 is 1. The highest BCUT2D eigenvalue weighted by molar-refractivity contribution is 7.20. The molecule has 4 rings (SSSR count). The van der Waals surface area contributed by atoms with Crippen LogP contribution in [0.4, 0.5) is 5.82 Å². The van der Waals surface area contributed by atoms with E-state index in [2.05, 4.69) is 31.9 Å². The number of aryl methyl sites for hydroxylation is 1. The van der Waals surface area contributed by atoms with Crippen LogP contribution in [0.3, 0.4) is 0 Å². The number of piperazine rings is 1. The molecule has 3 heterocycles. The number of nitrogens with zero attached hydrogens (tertiary/aromatic N) is 4. The van der Waals surface area contributed by atoms with Crippen molar-refractivity contribution in [1.29, 1.82) is 0 Å². The van der Waals surface area contributed by atoms with Gasteiger partial charge in [-0.15, -0.1) is 11.3 Å². The van der Waals surface area contributed by atoms with Crippen molar-refractivity contribution in [2.45, 2.75) is 20.3 Å². The van der Waals surface area contributed by atoms with Crippen LogP contribution in [0.1, 0.15) is 27.7 Å². The summed E-state index contributed by atoms with van der Waals surface area (Å²) in [5, 5.41) is 0.974. The number of aromatic nitrogens is 2. The quantitative estimate of drug-likeness (QED) is 0.521. The smallest absolute Gasteiger partial charge is 0.348 e. The fourth-order valence-corrected chi connectivity index (χ4v) is 4.98. The van der Waals surface area contributed by atoms with Crippen molar-refractivity contribution in [1.82, 2.24) is 14.9 Å². The van der Waals surface area contributed by atoms with Crippen molar-refractivity contribution in [3.05, 3.63) is 46.6 Å². The third-order valence-electron chi connectivity index (χ3n) is 5.72. The maximum absolute atomic E-state index is 12.3. The lowest BCUT2D eigenvalue weighted by molar-refractivity contribution is 0.0531. The molecule has 31 heavy (non-hydrogen) atoms. The van der Waals surface area contributed by atoms with E-state index in [1.54, 1.807) is 13.4 Å².